The molecule has 1 rings (SSSR count). The Hall–Kier alpha value is -0.860. The fraction of sp³-hybridized carbons (Fsp3) is 0.571. The average molecular weight is 220 g/mol. The zero-order valence-corrected chi connectivity index (χ0v) is 10.6. The number of benzene rings is 1. The minimum atomic E-state index is 0.976. The first kappa shape index (κ1) is 13.2. The fourth-order valence-corrected chi connectivity index (χ4v) is 1.91. The maximum atomic E-state index is 3.36. The molecule has 16 heavy (non-hydrogen) atoms. The summed E-state index contributed by atoms with van der Waals surface area (Å²) >= 11 is 0. The second kappa shape index (κ2) is 8.31. The van der Waals surface area contributed by atoms with Gasteiger partial charge in [-0.05, 0) is 50.5 Å². The third kappa shape index (κ3) is 4.77. The third-order valence-corrected chi connectivity index (χ3v) is 2.79. The van der Waals surface area contributed by atoms with E-state index < -0.39 is 0 Å². The van der Waals surface area contributed by atoms with E-state index in [1.165, 1.54) is 30.4 Å². The van der Waals surface area contributed by atoms with Crippen LogP contribution in [0.5, 0.6) is 0 Å². The summed E-state index contributed by atoms with van der Waals surface area (Å²) in [6, 6.07) is 8.73. The van der Waals surface area contributed by atoms with Crippen molar-refractivity contribution < 1.29 is 0 Å². The van der Waals surface area contributed by atoms with E-state index in [0.717, 1.165) is 19.6 Å². The van der Waals surface area contributed by atoms with Crippen molar-refractivity contribution >= 4 is 0 Å². The van der Waals surface area contributed by atoms with Gasteiger partial charge in [0, 0.05) is 6.54 Å². The van der Waals surface area contributed by atoms with Crippen molar-refractivity contribution in [3.8, 4) is 0 Å². The Kier molecular flexibility index (Phi) is 6.86. The largest absolute Gasteiger partial charge is 0.317 e. The highest BCUT2D eigenvalue weighted by molar-refractivity contribution is 5.27. The van der Waals surface area contributed by atoms with E-state index in [9.17, 15) is 0 Å². The first-order chi connectivity index (χ1) is 7.88. The highest BCUT2D eigenvalue weighted by Crippen LogP contribution is 2.11. The number of rotatable bonds is 8. The van der Waals surface area contributed by atoms with Gasteiger partial charge in [0.15, 0.2) is 0 Å². The molecule has 0 aliphatic carbocycles. The van der Waals surface area contributed by atoms with Gasteiger partial charge in [0.2, 0.25) is 0 Å². The van der Waals surface area contributed by atoms with Crippen LogP contribution in [0, 0.1) is 0 Å². The number of hydrogen-bond donors (Lipinski definition) is 2. The molecule has 2 N–H and O–H groups in total. The molecule has 2 heteroatoms. The van der Waals surface area contributed by atoms with Crippen molar-refractivity contribution in [2.75, 3.05) is 20.1 Å². The van der Waals surface area contributed by atoms with Crippen LogP contribution in [0.2, 0.25) is 0 Å². The lowest BCUT2D eigenvalue weighted by Gasteiger charge is -2.09. The van der Waals surface area contributed by atoms with Gasteiger partial charge >= 0.3 is 0 Å². The molecule has 0 heterocycles. The van der Waals surface area contributed by atoms with Gasteiger partial charge in [-0.1, -0.05) is 31.2 Å². The summed E-state index contributed by atoms with van der Waals surface area (Å²) in [5, 5.41) is 6.58. The van der Waals surface area contributed by atoms with Gasteiger partial charge in [0.05, 0.1) is 0 Å². The Labute approximate surface area is 99.5 Å². The quantitative estimate of drug-likeness (QED) is 0.657. The molecule has 0 unspecified atom stereocenters. The Morgan fingerprint density at radius 3 is 2.50 bits per heavy atom. The Morgan fingerprint density at radius 2 is 1.81 bits per heavy atom. The summed E-state index contributed by atoms with van der Waals surface area (Å²) in [7, 11) is 2.00. The van der Waals surface area contributed by atoms with Crippen LogP contribution in [-0.2, 0) is 13.0 Å². The van der Waals surface area contributed by atoms with Gasteiger partial charge in [0.1, 0.15) is 0 Å². The number of hydrogen-bond acceptors (Lipinski definition) is 2. The first-order valence-corrected chi connectivity index (χ1v) is 6.30. The zero-order chi connectivity index (χ0) is 11.6. The van der Waals surface area contributed by atoms with Crippen LogP contribution in [0.4, 0.5) is 0 Å². The van der Waals surface area contributed by atoms with Crippen LogP contribution in [0.15, 0.2) is 24.3 Å². The minimum Gasteiger partial charge on any atom is -0.317 e. The zero-order valence-electron chi connectivity index (χ0n) is 10.6. The van der Waals surface area contributed by atoms with Gasteiger partial charge < -0.3 is 10.6 Å². The number of unbranched alkanes of at least 4 members (excludes halogenated alkanes) is 1. The van der Waals surface area contributed by atoms with E-state index >= 15 is 0 Å². The van der Waals surface area contributed by atoms with Crippen molar-refractivity contribution in [1.82, 2.24) is 10.6 Å². The molecule has 0 aliphatic rings. The molecule has 0 radical (unpaired) electrons. The lowest BCUT2D eigenvalue weighted by molar-refractivity contribution is 0.638. The molecule has 0 saturated heterocycles. The van der Waals surface area contributed by atoms with Crippen molar-refractivity contribution in [3.63, 3.8) is 0 Å². The van der Waals surface area contributed by atoms with Crippen molar-refractivity contribution in [2.24, 2.45) is 0 Å². The van der Waals surface area contributed by atoms with Gasteiger partial charge in [-0.3, -0.25) is 0 Å². The van der Waals surface area contributed by atoms with E-state index in [0.29, 0.717) is 0 Å². The Morgan fingerprint density at radius 1 is 1.06 bits per heavy atom. The van der Waals surface area contributed by atoms with Crippen LogP contribution >= 0.6 is 0 Å². The van der Waals surface area contributed by atoms with E-state index in [-0.39, 0.29) is 0 Å². The lowest BCUT2D eigenvalue weighted by atomic mass is 10.0. The summed E-state index contributed by atoms with van der Waals surface area (Å²) in [4.78, 5) is 0. The smallest absolute Gasteiger partial charge is 0.0205 e. The summed E-state index contributed by atoms with van der Waals surface area (Å²) < 4.78 is 0. The second-order valence-corrected chi connectivity index (χ2v) is 4.11. The molecule has 2 nitrogen and oxygen atoms in total. The monoisotopic (exact) mass is 220 g/mol. The summed E-state index contributed by atoms with van der Waals surface area (Å²) in [6.45, 7) is 5.35. The van der Waals surface area contributed by atoms with Crippen molar-refractivity contribution in [2.45, 2.75) is 32.7 Å². The normalized spacial score (nSPS) is 10.6. The maximum absolute atomic E-state index is 3.36. The van der Waals surface area contributed by atoms with Crippen molar-refractivity contribution in [3.05, 3.63) is 35.4 Å². The van der Waals surface area contributed by atoms with Crippen LogP contribution in [0.25, 0.3) is 0 Å². The van der Waals surface area contributed by atoms with Crippen molar-refractivity contribution in [1.29, 1.82) is 0 Å². The Bertz CT molecular complexity index is 284. The highest BCUT2D eigenvalue weighted by Gasteiger charge is 2.00. The van der Waals surface area contributed by atoms with Gasteiger partial charge in [0.25, 0.3) is 0 Å². The molecule has 0 atom stereocenters. The number of aryl methyl sites for hydroxylation is 1. The molecule has 1 aromatic carbocycles. The predicted octanol–water partition coefficient (Wildman–Crippen LogP) is 2.34. The molecule has 0 spiro atoms. The third-order valence-electron chi connectivity index (χ3n) is 2.79. The van der Waals surface area contributed by atoms with E-state index in [1.807, 2.05) is 7.05 Å². The SMILES string of the molecule is CCNCCCCc1ccccc1CNC. The van der Waals surface area contributed by atoms with Gasteiger partial charge in [-0.15, -0.1) is 0 Å². The molecule has 0 aromatic heterocycles. The predicted molar refractivity (Wildman–Crippen MR) is 70.7 cm³/mol. The fourth-order valence-electron chi connectivity index (χ4n) is 1.91. The van der Waals surface area contributed by atoms with E-state index in [4.69, 9.17) is 0 Å². The molecule has 1 aromatic rings. The van der Waals surface area contributed by atoms with Crippen LogP contribution in [0.1, 0.15) is 30.9 Å². The molecule has 0 bridgehead atoms. The number of nitrogens with one attached hydrogen (secondary N) is 2. The summed E-state index contributed by atoms with van der Waals surface area (Å²) in [6.07, 6.45) is 3.73. The minimum absolute atomic E-state index is 0.976. The van der Waals surface area contributed by atoms with Crippen LogP contribution in [-0.4, -0.2) is 20.1 Å². The lowest BCUT2D eigenvalue weighted by Crippen LogP contribution is -2.14. The summed E-state index contributed by atoms with van der Waals surface area (Å²) in [5.41, 5.74) is 2.93. The van der Waals surface area contributed by atoms with Crippen LogP contribution < -0.4 is 10.6 Å². The average Bonchev–Trinajstić information content (AvgIpc) is 2.31. The van der Waals surface area contributed by atoms with Crippen LogP contribution in [0.3, 0.4) is 0 Å². The molecule has 0 saturated carbocycles. The van der Waals surface area contributed by atoms with Gasteiger partial charge in [-0.25, -0.2) is 0 Å². The van der Waals surface area contributed by atoms with E-state index in [1.54, 1.807) is 0 Å². The molecule has 0 fully saturated rings. The molecular formula is C14H24N2. The highest BCUT2D eigenvalue weighted by atomic mass is 14.8. The second-order valence-electron chi connectivity index (χ2n) is 4.11. The molecular weight excluding hydrogens is 196 g/mol. The molecule has 90 valence electrons. The standard InChI is InChI=1S/C14H24N2/c1-3-16-11-7-6-9-13-8-4-5-10-14(13)12-15-2/h4-5,8,10,15-16H,3,6-7,9,11-12H2,1-2H3. The summed E-state index contributed by atoms with van der Waals surface area (Å²) in [5.74, 6) is 0. The molecule has 0 amide bonds. The Balaban J connectivity index is 2.34. The van der Waals surface area contributed by atoms with E-state index in [2.05, 4.69) is 41.8 Å². The first-order valence-electron chi connectivity index (χ1n) is 6.30. The topological polar surface area (TPSA) is 24.1 Å². The maximum Gasteiger partial charge on any atom is 0.0205 e. The van der Waals surface area contributed by atoms with Gasteiger partial charge in [-0.2, -0.15) is 0 Å². The molecule has 0 aliphatic heterocycles.